The summed E-state index contributed by atoms with van der Waals surface area (Å²) in [6, 6.07) is 16.5. The molecule has 6 heteroatoms. The van der Waals surface area contributed by atoms with E-state index in [0.717, 1.165) is 11.1 Å². The standard InChI is InChI=1S/C21H20N4O2/c1-14-6-3-4-7-17(14)13-23-20(27)19-10-11-22-21(25-19)24-18-9-5-8-16(12-18)15(2)26/h3-12H,13H2,1-2H3,(H,23,27)(H,22,24,25). The topological polar surface area (TPSA) is 84.0 Å². The molecule has 3 aromatic rings. The number of carbonyl (C=O) groups is 2. The Kier molecular flexibility index (Phi) is 5.56. The molecule has 0 aliphatic rings. The normalized spacial score (nSPS) is 10.3. The Morgan fingerprint density at radius 1 is 1.04 bits per heavy atom. The summed E-state index contributed by atoms with van der Waals surface area (Å²) in [4.78, 5) is 32.3. The maximum atomic E-state index is 12.4. The Balaban J connectivity index is 1.69. The first kappa shape index (κ1) is 18.3. The summed E-state index contributed by atoms with van der Waals surface area (Å²) in [7, 11) is 0. The average molecular weight is 360 g/mol. The fourth-order valence-electron chi connectivity index (χ4n) is 2.56. The van der Waals surface area contributed by atoms with Gasteiger partial charge in [-0.1, -0.05) is 36.4 Å². The monoisotopic (exact) mass is 360 g/mol. The maximum Gasteiger partial charge on any atom is 0.270 e. The minimum Gasteiger partial charge on any atom is -0.347 e. The van der Waals surface area contributed by atoms with Crippen molar-refractivity contribution in [2.45, 2.75) is 20.4 Å². The van der Waals surface area contributed by atoms with Crippen LogP contribution in [-0.2, 0) is 6.54 Å². The number of hydrogen-bond donors (Lipinski definition) is 2. The van der Waals surface area contributed by atoms with Crippen LogP contribution in [0.3, 0.4) is 0 Å². The zero-order valence-electron chi connectivity index (χ0n) is 15.2. The molecular weight excluding hydrogens is 340 g/mol. The molecule has 0 fully saturated rings. The summed E-state index contributed by atoms with van der Waals surface area (Å²) in [5, 5.41) is 5.89. The van der Waals surface area contributed by atoms with E-state index in [1.54, 1.807) is 30.3 Å². The summed E-state index contributed by atoms with van der Waals surface area (Å²) in [6.07, 6.45) is 1.52. The van der Waals surface area contributed by atoms with Crippen LogP contribution in [0.5, 0.6) is 0 Å². The predicted molar refractivity (Wildman–Crippen MR) is 104 cm³/mol. The predicted octanol–water partition coefficient (Wildman–Crippen LogP) is 3.66. The molecule has 1 amide bonds. The van der Waals surface area contributed by atoms with Gasteiger partial charge in [0.1, 0.15) is 5.69 Å². The highest BCUT2D eigenvalue weighted by Gasteiger charge is 2.10. The summed E-state index contributed by atoms with van der Waals surface area (Å²) >= 11 is 0. The number of ketones is 1. The van der Waals surface area contributed by atoms with Gasteiger partial charge in [-0.3, -0.25) is 9.59 Å². The lowest BCUT2D eigenvalue weighted by Gasteiger charge is -2.09. The van der Waals surface area contributed by atoms with Crippen LogP contribution in [0.2, 0.25) is 0 Å². The van der Waals surface area contributed by atoms with Crippen molar-refractivity contribution in [1.82, 2.24) is 15.3 Å². The van der Waals surface area contributed by atoms with Gasteiger partial charge >= 0.3 is 0 Å². The Labute approximate surface area is 157 Å². The molecule has 0 radical (unpaired) electrons. The van der Waals surface area contributed by atoms with Crippen LogP contribution in [0.15, 0.2) is 60.8 Å². The summed E-state index contributed by atoms with van der Waals surface area (Å²) in [5.74, 6) is -0.00987. The van der Waals surface area contributed by atoms with Crippen molar-refractivity contribution in [3.05, 3.63) is 83.2 Å². The third kappa shape index (κ3) is 4.76. The van der Waals surface area contributed by atoms with Crippen LogP contribution in [-0.4, -0.2) is 21.7 Å². The molecule has 6 nitrogen and oxygen atoms in total. The Hall–Kier alpha value is -3.54. The molecule has 0 bridgehead atoms. The minimum absolute atomic E-state index is 0.0242. The molecular formula is C21H20N4O2. The van der Waals surface area contributed by atoms with Crippen LogP contribution >= 0.6 is 0 Å². The van der Waals surface area contributed by atoms with Gasteiger partial charge in [0.2, 0.25) is 5.95 Å². The van der Waals surface area contributed by atoms with Gasteiger partial charge in [0.05, 0.1) is 0 Å². The van der Waals surface area contributed by atoms with E-state index in [0.29, 0.717) is 23.7 Å². The molecule has 0 aliphatic heterocycles. The van der Waals surface area contributed by atoms with Crippen LogP contribution in [0.25, 0.3) is 0 Å². The van der Waals surface area contributed by atoms with E-state index >= 15 is 0 Å². The number of aryl methyl sites for hydroxylation is 1. The number of hydrogen-bond acceptors (Lipinski definition) is 5. The van der Waals surface area contributed by atoms with Gasteiger partial charge in [-0.25, -0.2) is 9.97 Å². The van der Waals surface area contributed by atoms with E-state index in [9.17, 15) is 9.59 Å². The number of carbonyl (C=O) groups excluding carboxylic acids is 2. The van der Waals surface area contributed by atoms with E-state index in [2.05, 4.69) is 20.6 Å². The fourth-order valence-corrected chi connectivity index (χ4v) is 2.56. The van der Waals surface area contributed by atoms with Gasteiger partial charge in [-0.05, 0) is 43.2 Å². The molecule has 0 saturated heterocycles. The van der Waals surface area contributed by atoms with Crippen LogP contribution in [0.4, 0.5) is 11.6 Å². The second kappa shape index (κ2) is 8.23. The van der Waals surface area contributed by atoms with Gasteiger partial charge in [0, 0.05) is 24.0 Å². The van der Waals surface area contributed by atoms with E-state index < -0.39 is 0 Å². The highest BCUT2D eigenvalue weighted by Crippen LogP contribution is 2.15. The molecule has 1 aromatic heterocycles. The van der Waals surface area contributed by atoms with Gasteiger partial charge in [-0.2, -0.15) is 0 Å². The van der Waals surface area contributed by atoms with E-state index in [1.165, 1.54) is 13.1 Å². The number of anilines is 2. The average Bonchev–Trinajstić information content (AvgIpc) is 2.67. The van der Waals surface area contributed by atoms with Crippen molar-refractivity contribution >= 4 is 23.3 Å². The van der Waals surface area contributed by atoms with Crippen molar-refractivity contribution in [3.8, 4) is 0 Å². The molecule has 2 N–H and O–H groups in total. The molecule has 0 atom stereocenters. The maximum absolute atomic E-state index is 12.4. The van der Waals surface area contributed by atoms with Crippen molar-refractivity contribution < 1.29 is 9.59 Å². The van der Waals surface area contributed by atoms with Gasteiger partial charge in [0.25, 0.3) is 5.91 Å². The van der Waals surface area contributed by atoms with Gasteiger partial charge in [0.15, 0.2) is 5.78 Å². The van der Waals surface area contributed by atoms with Crippen LogP contribution in [0, 0.1) is 6.92 Å². The van der Waals surface area contributed by atoms with E-state index in [1.807, 2.05) is 31.2 Å². The zero-order valence-corrected chi connectivity index (χ0v) is 15.2. The first-order chi connectivity index (χ1) is 13.0. The Morgan fingerprint density at radius 2 is 1.85 bits per heavy atom. The molecule has 27 heavy (non-hydrogen) atoms. The summed E-state index contributed by atoms with van der Waals surface area (Å²) < 4.78 is 0. The van der Waals surface area contributed by atoms with E-state index in [-0.39, 0.29) is 17.4 Å². The highest BCUT2D eigenvalue weighted by atomic mass is 16.1. The number of Topliss-reactive ketones (excluding diaryl/α,β-unsaturated/α-hetero) is 1. The van der Waals surface area contributed by atoms with Crippen molar-refractivity contribution in [3.63, 3.8) is 0 Å². The quantitative estimate of drug-likeness (QED) is 0.656. The second-order valence-electron chi connectivity index (χ2n) is 6.14. The summed E-state index contributed by atoms with van der Waals surface area (Å²) in [5.41, 5.74) is 3.71. The summed E-state index contributed by atoms with van der Waals surface area (Å²) in [6.45, 7) is 3.94. The van der Waals surface area contributed by atoms with Crippen LogP contribution < -0.4 is 10.6 Å². The first-order valence-electron chi connectivity index (χ1n) is 8.57. The molecule has 136 valence electrons. The van der Waals surface area contributed by atoms with Crippen molar-refractivity contribution in [2.75, 3.05) is 5.32 Å². The number of aromatic nitrogens is 2. The fraction of sp³-hybridized carbons (Fsp3) is 0.143. The number of nitrogens with one attached hydrogen (secondary N) is 2. The lowest BCUT2D eigenvalue weighted by Crippen LogP contribution is -2.24. The number of nitrogens with zero attached hydrogens (tertiary/aromatic N) is 2. The number of amides is 1. The third-order valence-electron chi connectivity index (χ3n) is 4.11. The molecule has 0 aliphatic carbocycles. The first-order valence-corrected chi connectivity index (χ1v) is 8.57. The molecule has 0 spiro atoms. The molecule has 3 rings (SSSR count). The van der Waals surface area contributed by atoms with Crippen molar-refractivity contribution in [1.29, 1.82) is 0 Å². The second-order valence-corrected chi connectivity index (χ2v) is 6.14. The lowest BCUT2D eigenvalue weighted by atomic mass is 10.1. The lowest BCUT2D eigenvalue weighted by molar-refractivity contribution is 0.0945. The SMILES string of the molecule is CC(=O)c1cccc(Nc2nccc(C(=O)NCc3ccccc3C)n2)c1. The number of benzene rings is 2. The molecule has 1 heterocycles. The third-order valence-corrected chi connectivity index (χ3v) is 4.11. The Bertz CT molecular complexity index is 985. The van der Waals surface area contributed by atoms with Gasteiger partial charge < -0.3 is 10.6 Å². The highest BCUT2D eigenvalue weighted by molar-refractivity contribution is 5.95. The molecule has 2 aromatic carbocycles. The largest absolute Gasteiger partial charge is 0.347 e. The molecule has 0 saturated carbocycles. The minimum atomic E-state index is -0.277. The van der Waals surface area contributed by atoms with Crippen LogP contribution in [0.1, 0.15) is 38.9 Å². The zero-order chi connectivity index (χ0) is 19.2. The van der Waals surface area contributed by atoms with Crippen molar-refractivity contribution in [2.24, 2.45) is 0 Å². The number of rotatable bonds is 6. The Morgan fingerprint density at radius 3 is 2.63 bits per heavy atom. The molecule has 0 unspecified atom stereocenters. The smallest absolute Gasteiger partial charge is 0.270 e. The van der Waals surface area contributed by atoms with Gasteiger partial charge in [-0.15, -0.1) is 0 Å². The van der Waals surface area contributed by atoms with E-state index in [4.69, 9.17) is 0 Å².